The molecule has 0 radical (unpaired) electrons. The third kappa shape index (κ3) is 9.88. The van der Waals surface area contributed by atoms with Crippen molar-refractivity contribution in [3.8, 4) is 11.5 Å². The van der Waals surface area contributed by atoms with Crippen molar-refractivity contribution in [3.05, 3.63) is 59.7 Å². The Bertz CT molecular complexity index is 1430. The molecule has 15 heteroatoms. The number of methoxy groups -OCH3 is 1. The van der Waals surface area contributed by atoms with E-state index in [0.717, 1.165) is 12.4 Å². The van der Waals surface area contributed by atoms with Crippen LogP contribution in [0.1, 0.15) is 55.9 Å². The number of carbonyl (C=O) groups excluding carboxylic acids is 3. The van der Waals surface area contributed by atoms with Gasteiger partial charge in [0.05, 0.1) is 18.9 Å². The molecule has 0 aliphatic carbocycles. The highest BCUT2D eigenvalue weighted by molar-refractivity contribution is 6.65. The summed E-state index contributed by atoms with van der Waals surface area (Å²) < 4.78 is 36.9. The van der Waals surface area contributed by atoms with E-state index in [-0.39, 0.29) is 45.5 Å². The predicted molar refractivity (Wildman–Crippen MR) is 177 cm³/mol. The number of imidazole rings is 1. The summed E-state index contributed by atoms with van der Waals surface area (Å²) in [7, 11) is 1.79. The van der Waals surface area contributed by atoms with E-state index in [1.165, 1.54) is 7.11 Å². The molecular formula is C32H43B2N3O10. The second kappa shape index (κ2) is 16.9. The van der Waals surface area contributed by atoms with Crippen LogP contribution >= 0.6 is 0 Å². The molecule has 252 valence electrons. The maximum atomic E-state index is 13.7. The number of hydrogen-bond acceptors (Lipinski definition) is 12. The normalized spacial score (nSPS) is 25.4. The Morgan fingerprint density at radius 3 is 2.72 bits per heavy atom. The fourth-order valence-electron chi connectivity index (χ4n) is 5.41. The van der Waals surface area contributed by atoms with Crippen molar-refractivity contribution in [2.24, 2.45) is 5.92 Å². The summed E-state index contributed by atoms with van der Waals surface area (Å²) >= 11 is 0. The maximum absolute atomic E-state index is 13.7. The first-order valence-corrected chi connectivity index (χ1v) is 15.7. The lowest BCUT2D eigenvalue weighted by molar-refractivity contribution is -0.152. The minimum atomic E-state index is -0.923. The fourth-order valence-corrected chi connectivity index (χ4v) is 5.41. The van der Waals surface area contributed by atoms with Gasteiger partial charge in [0, 0.05) is 44.6 Å². The standard InChI is InChI=1S/C32H43B2N3O10/c1-21-9-10-25(40)30-26(46-32(3,4)47-30)8-6-7-23-15-24(16-27(44-20-42-5)29(23)31(41)45-22(21)2)43-14-13-36(33-18-38)17-28-35-11-12-37(28)34-19-39/h6-7,9-12,15-16,18-19,21-22,25-26,30,33-34,40H,8,13-14,17,20H2,1-5H3/b7-6+,10-9-/t21-,22?,25?,26?,30?/m1/s1. The first-order chi connectivity index (χ1) is 22.5. The lowest BCUT2D eigenvalue weighted by Gasteiger charge is -2.23. The van der Waals surface area contributed by atoms with E-state index in [4.69, 9.17) is 28.4 Å². The van der Waals surface area contributed by atoms with E-state index in [9.17, 15) is 19.5 Å². The minimum Gasteiger partial charge on any atom is -0.492 e. The van der Waals surface area contributed by atoms with Gasteiger partial charge in [-0.25, -0.2) is 9.78 Å². The highest BCUT2D eigenvalue weighted by Crippen LogP contribution is 2.35. The topological polar surface area (TPSA) is 148 Å². The molecule has 4 unspecified atom stereocenters. The van der Waals surface area contributed by atoms with E-state index < -0.39 is 36.2 Å². The molecule has 2 aliphatic rings. The van der Waals surface area contributed by atoms with Gasteiger partial charge >= 0.3 is 13.4 Å². The van der Waals surface area contributed by atoms with Gasteiger partial charge in [-0.15, -0.1) is 0 Å². The maximum Gasteiger partial charge on any atom is 0.342 e. The van der Waals surface area contributed by atoms with Crippen LogP contribution in [-0.4, -0.2) is 110 Å². The number of rotatable bonds is 13. The Balaban J connectivity index is 1.62. The second-order valence-electron chi connectivity index (χ2n) is 12.0. The first kappa shape index (κ1) is 36.1. The molecule has 1 aromatic heterocycles. The predicted octanol–water partition coefficient (Wildman–Crippen LogP) is 1.71. The van der Waals surface area contributed by atoms with Gasteiger partial charge in [-0.2, -0.15) is 0 Å². The van der Waals surface area contributed by atoms with Crippen molar-refractivity contribution in [2.75, 3.05) is 27.1 Å². The summed E-state index contributed by atoms with van der Waals surface area (Å²) in [4.78, 5) is 42.2. The molecule has 1 N–H and O–H groups in total. The van der Waals surface area contributed by atoms with Gasteiger partial charge in [0.1, 0.15) is 47.4 Å². The number of hydrogen-bond donors (Lipinski definition) is 1. The molecule has 1 saturated heterocycles. The molecule has 13 nitrogen and oxygen atoms in total. The highest BCUT2D eigenvalue weighted by atomic mass is 16.8. The van der Waals surface area contributed by atoms with Crippen molar-refractivity contribution in [3.63, 3.8) is 0 Å². The van der Waals surface area contributed by atoms with Crippen LogP contribution in [0.3, 0.4) is 0 Å². The average molecular weight is 651 g/mol. The SMILES string of the molecule is COCOc1cc(OCCN(BC=O)Cc2nccn2BC=O)cc2c1C(=O)OC(C)[C@H](C)/C=C\C(O)C1OC(C)(C)OC1C/C=C/2. The number of ether oxygens (including phenoxy) is 6. The molecule has 5 atom stereocenters. The highest BCUT2D eigenvalue weighted by Gasteiger charge is 2.43. The molecular weight excluding hydrogens is 608 g/mol. The summed E-state index contributed by atoms with van der Waals surface area (Å²) in [5, 5.41) is 10.9. The Morgan fingerprint density at radius 1 is 1.17 bits per heavy atom. The van der Waals surface area contributed by atoms with Gasteiger partial charge in [0.2, 0.25) is 0 Å². The second-order valence-corrected chi connectivity index (χ2v) is 12.0. The number of cyclic esters (lactones) is 1. The van der Waals surface area contributed by atoms with Crippen LogP contribution in [0.2, 0.25) is 0 Å². The van der Waals surface area contributed by atoms with Crippen LogP contribution in [0.4, 0.5) is 0 Å². The quantitative estimate of drug-likeness (QED) is 0.111. The molecule has 0 saturated carbocycles. The molecule has 0 amide bonds. The Kier molecular flexibility index (Phi) is 13.0. The first-order valence-electron chi connectivity index (χ1n) is 15.7. The molecule has 4 rings (SSSR count). The zero-order valence-corrected chi connectivity index (χ0v) is 27.6. The van der Waals surface area contributed by atoms with Gasteiger partial charge < -0.3 is 52.4 Å². The number of esters is 1. The van der Waals surface area contributed by atoms with Crippen molar-refractivity contribution >= 4 is 39.2 Å². The van der Waals surface area contributed by atoms with Gasteiger partial charge in [0.15, 0.2) is 12.6 Å². The monoisotopic (exact) mass is 651 g/mol. The smallest absolute Gasteiger partial charge is 0.342 e. The van der Waals surface area contributed by atoms with Crippen LogP contribution in [0, 0.1) is 5.92 Å². The third-order valence-corrected chi connectivity index (χ3v) is 7.96. The summed E-state index contributed by atoms with van der Waals surface area (Å²) in [6, 6.07) is 3.32. The number of fused-ring (bicyclic) bond motifs is 2. The van der Waals surface area contributed by atoms with Crippen molar-refractivity contribution in [2.45, 2.75) is 70.9 Å². The molecule has 1 aromatic carbocycles. The Morgan fingerprint density at radius 2 is 1.98 bits per heavy atom. The van der Waals surface area contributed by atoms with Crippen LogP contribution in [0.15, 0.2) is 42.8 Å². The van der Waals surface area contributed by atoms with Crippen LogP contribution in [0.25, 0.3) is 6.08 Å². The summed E-state index contributed by atoms with van der Waals surface area (Å²) in [6.07, 6.45) is 9.88. The summed E-state index contributed by atoms with van der Waals surface area (Å²) in [6.45, 7) is 8.08. The van der Waals surface area contributed by atoms with E-state index >= 15 is 0 Å². The van der Waals surface area contributed by atoms with Crippen LogP contribution in [0.5, 0.6) is 11.5 Å². The van der Waals surface area contributed by atoms with Gasteiger partial charge in [-0.3, -0.25) is 0 Å². The number of nitrogens with zero attached hydrogens (tertiary/aromatic N) is 3. The van der Waals surface area contributed by atoms with Crippen LogP contribution in [-0.2, 0) is 35.1 Å². The number of aliphatic hydroxyl groups is 1. The van der Waals surface area contributed by atoms with E-state index in [2.05, 4.69) is 4.98 Å². The fraction of sp³-hybridized carbons (Fsp3) is 0.500. The molecule has 0 spiro atoms. The molecule has 1 fully saturated rings. The molecule has 2 aliphatic heterocycles. The Hall–Kier alpha value is -3.75. The van der Waals surface area contributed by atoms with E-state index in [0.29, 0.717) is 36.6 Å². The lowest BCUT2D eigenvalue weighted by Crippen LogP contribution is -2.34. The van der Waals surface area contributed by atoms with E-state index in [1.54, 1.807) is 68.0 Å². The zero-order chi connectivity index (χ0) is 34.0. The van der Waals surface area contributed by atoms with Gasteiger partial charge in [-0.1, -0.05) is 31.2 Å². The van der Waals surface area contributed by atoms with Gasteiger partial charge in [-0.05, 0) is 38.8 Å². The van der Waals surface area contributed by atoms with E-state index in [1.807, 2.05) is 17.8 Å². The number of benzene rings is 1. The largest absolute Gasteiger partial charge is 0.492 e. The van der Waals surface area contributed by atoms with Crippen molar-refractivity contribution < 1.29 is 47.9 Å². The average Bonchev–Trinajstić information content (AvgIpc) is 3.60. The zero-order valence-electron chi connectivity index (χ0n) is 27.6. The minimum absolute atomic E-state index is 0.121. The summed E-state index contributed by atoms with van der Waals surface area (Å²) in [5.41, 5.74) is 0.692. The lowest BCUT2D eigenvalue weighted by atomic mass is 9.94. The van der Waals surface area contributed by atoms with Gasteiger partial charge in [0.25, 0.3) is 7.41 Å². The molecule has 3 heterocycles. The third-order valence-electron chi connectivity index (χ3n) is 7.96. The summed E-state index contributed by atoms with van der Waals surface area (Å²) in [5.74, 6) is -0.405. The Labute approximate surface area is 276 Å². The number of aromatic nitrogens is 2. The van der Waals surface area contributed by atoms with Crippen molar-refractivity contribution in [1.29, 1.82) is 0 Å². The van der Waals surface area contributed by atoms with Crippen molar-refractivity contribution in [1.82, 2.24) is 14.3 Å². The molecule has 2 aromatic rings. The van der Waals surface area contributed by atoms with Crippen LogP contribution < -0.4 is 9.47 Å². The number of carbonyl (C=O) groups is 3. The molecule has 47 heavy (non-hydrogen) atoms. The number of aliphatic hydroxyl groups excluding tert-OH is 1. The molecule has 0 bridgehead atoms.